The Bertz CT molecular complexity index is 650. The van der Waals surface area contributed by atoms with E-state index in [-0.39, 0.29) is 5.78 Å². The van der Waals surface area contributed by atoms with Crippen molar-refractivity contribution in [2.45, 2.75) is 32.7 Å². The lowest BCUT2D eigenvalue weighted by Gasteiger charge is -2.03. The summed E-state index contributed by atoms with van der Waals surface area (Å²) in [4.78, 5) is 12.5. The van der Waals surface area contributed by atoms with Crippen molar-refractivity contribution >= 4 is 16.7 Å². The first-order valence-corrected chi connectivity index (χ1v) is 6.90. The maximum absolute atomic E-state index is 12.5. The first-order valence-electron chi connectivity index (χ1n) is 6.90. The molecule has 1 saturated carbocycles. The Hall–Kier alpha value is -1.61. The van der Waals surface area contributed by atoms with Crippen LogP contribution in [0.4, 0.5) is 0 Å². The summed E-state index contributed by atoms with van der Waals surface area (Å²) in [5.41, 5.74) is 4.28. The Labute approximate surface area is 113 Å². The summed E-state index contributed by atoms with van der Waals surface area (Å²) in [6, 6.07) is 6.88. The number of hydrogen-bond acceptors (Lipinski definition) is 2. The Morgan fingerprint density at radius 1 is 1.37 bits per heavy atom. The zero-order valence-electron chi connectivity index (χ0n) is 11.8. The third-order valence-corrected chi connectivity index (χ3v) is 4.06. The minimum atomic E-state index is 0.209. The fourth-order valence-electron chi connectivity index (χ4n) is 2.65. The van der Waals surface area contributed by atoms with E-state index in [2.05, 4.69) is 35.0 Å². The van der Waals surface area contributed by atoms with Crippen molar-refractivity contribution in [2.24, 2.45) is 7.05 Å². The highest BCUT2D eigenvalue weighted by molar-refractivity contribution is 6.10. The van der Waals surface area contributed by atoms with Crippen LogP contribution in [0.3, 0.4) is 0 Å². The van der Waals surface area contributed by atoms with Gasteiger partial charge in [-0.2, -0.15) is 0 Å². The first kappa shape index (κ1) is 12.4. The Kier molecular flexibility index (Phi) is 2.94. The van der Waals surface area contributed by atoms with Gasteiger partial charge in [-0.1, -0.05) is 11.6 Å². The lowest BCUT2D eigenvalue weighted by molar-refractivity contribution is 0.0991. The fraction of sp³-hybridized carbons (Fsp3) is 0.438. The van der Waals surface area contributed by atoms with E-state index in [0.717, 1.165) is 22.2 Å². The number of nitrogens with zero attached hydrogens (tertiary/aromatic N) is 1. The van der Waals surface area contributed by atoms with Crippen molar-refractivity contribution in [3.05, 3.63) is 35.0 Å². The standard InChI is InChI=1S/C16H20N2O/c1-10-4-7-14-13(8-10)16(11(2)18(14)3)15(19)9-17-12-5-6-12/h4,7-8,12,17H,5-6,9H2,1-3H3. The minimum absolute atomic E-state index is 0.209. The first-order chi connectivity index (χ1) is 9.08. The Morgan fingerprint density at radius 2 is 2.11 bits per heavy atom. The molecule has 0 radical (unpaired) electrons. The molecule has 1 fully saturated rings. The van der Waals surface area contributed by atoms with Crippen molar-refractivity contribution in [3.8, 4) is 0 Å². The minimum Gasteiger partial charge on any atom is -0.347 e. The van der Waals surface area contributed by atoms with Crippen molar-refractivity contribution < 1.29 is 4.79 Å². The molecule has 19 heavy (non-hydrogen) atoms. The molecule has 1 N–H and O–H groups in total. The van der Waals surface area contributed by atoms with E-state index in [1.54, 1.807) is 0 Å². The molecule has 0 aliphatic heterocycles. The molecule has 0 spiro atoms. The van der Waals surface area contributed by atoms with Gasteiger partial charge in [-0.05, 0) is 38.8 Å². The average Bonchev–Trinajstić information content (AvgIpc) is 3.16. The van der Waals surface area contributed by atoms with Crippen LogP contribution in [0.25, 0.3) is 10.9 Å². The maximum atomic E-state index is 12.5. The summed E-state index contributed by atoms with van der Waals surface area (Å²) in [6.07, 6.45) is 2.42. The number of carbonyl (C=O) groups is 1. The van der Waals surface area contributed by atoms with E-state index in [9.17, 15) is 4.79 Å². The van der Waals surface area contributed by atoms with Gasteiger partial charge in [0.25, 0.3) is 0 Å². The summed E-state index contributed by atoms with van der Waals surface area (Å²) in [5, 5.41) is 4.40. The summed E-state index contributed by atoms with van der Waals surface area (Å²) < 4.78 is 2.11. The number of rotatable bonds is 4. The number of hydrogen-bond donors (Lipinski definition) is 1. The smallest absolute Gasteiger partial charge is 0.179 e. The molecule has 3 nitrogen and oxygen atoms in total. The van der Waals surface area contributed by atoms with Crippen LogP contribution in [0.1, 0.15) is 34.5 Å². The van der Waals surface area contributed by atoms with E-state index in [0.29, 0.717) is 12.6 Å². The number of carbonyl (C=O) groups excluding carboxylic acids is 1. The number of aromatic nitrogens is 1. The zero-order valence-corrected chi connectivity index (χ0v) is 11.8. The summed E-state index contributed by atoms with van der Waals surface area (Å²) >= 11 is 0. The largest absolute Gasteiger partial charge is 0.347 e. The van der Waals surface area contributed by atoms with Crippen molar-refractivity contribution in [1.82, 2.24) is 9.88 Å². The molecule has 2 aromatic rings. The van der Waals surface area contributed by atoms with Gasteiger partial charge in [-0.3, -0.25) is 4.79 Å². The molecule has 1 aliphatic rings. The third-order valence-electron chi connectivity index (χ3n) is 4.06. The summed E-state index contributed by atoms with van der Waals surface area (Å²) in [5.74, 6) is 0.209. The van der Waals surface area contributed by atoms with Gasteiger partial charge < -0.3 is 9.88 Å². The van der Waals surface area contributed by atoms with Crippen LogP contribution in [0, 0.1) is 13.8 Å². The Balaban J connectivity index is 2.02. The van der Waals surface area contributed by atoms with Crippen molar-refractivity contribution in [1.29, 1.82) is 0 Å². The van der Waals surface area contributed by atoms with Crippen LogP contribution in [0.2, 0.25) is 0 Å². The highest BCUT2D eigenvalue weighted by Gasteiger charge is 2.23. The molecule has 3 heteroatoms. The van der Waals surface area contributed by atoms with Gasteiger partial charge in [0.2, 0.25) is 0 Å². The summed E-state index contributed by atoms with van der Waals surface area (Å²) in [6.45, 7) is 4.55. The topological polar surface area (TPSA) is 34.0 Å². The van der Waals surface area contributed by atoms with Crippen molar-refractivity contribution in [2.75, 3.05) is 6.54 Å². The molecular weight excluding hydrogens is 236 g/mol. The fourth-order valence-corrected chi connectivity index (χ4v) is 2.65. The van der Waals surface area contributed by atoms with Gasteiger partial charge >= 0.3 is 0 Å². The van der Waals surface area contributed by atoms with E-state index >= 15 is 0 Å². The average molecular weight is 256 g/mol. The molecular formula is C16H20N2O. The lowest BCUT2D eigenvalue weighted by atomic mass is 10.0. The molecule has 0 atom stereocenters. The second-order valence-corrected chi connectivity index (χ2v) is 5.62. The highest BCUT2D eigenvalue weighted by Crippen LogP contribution is 2.26. The maximum Gasteiger partial charge on any atom is 0.179 e. The normalized spacial score (nSPS) is 15.1. The Morgan fingerprint density at radius 3 is 2.79 bits per heavy atom. The number of ketones is 1. The molecule has 1 heterocycles. The van der Waals surface area contributed by atoms with Crippen LogP contribution < -0.4 is 5.32 Å². The SMILES string of the molecule is Cc1ccc2c(c1)c(C(=O)CNC1CC1)c(C)n2C. The third kappa shape index (κ3) is 2.19. The van der Waals surface area contributed by atoms with E-state index in [1.807, 2.05) is 14.0 Å². The van der Waals surface area contributed by atoms with E-state index < -0.39 is 0 Å². The lowest BCUT2D eigenvalue weighted by Crippen LogP contribution is -2.25. The van der Waals surface area contributed by atoms with Gasteiger partial charge in [-0.25, -0.2) is 0 Å². The predicted octanol–water partition coefficient (Wildman–Crippen LogP) is 2.73. The molecule has 0 saturated heterocycles. The van der Waals surface area contributed by atoms with Gasteiger partial charge in [0.1, 0.15) is 0 Å². The van der Waals surface area contributed by atoms with Gasteiger partial charge in [0, 0.05) is 35.2 Å². The quantitative estimate of drug-likeness (QED) is 0.853. The predicted molar refractivity (Wildman–Crippen MR) is 77.7 cm³/mol. The zero-order chi connectivity index (χ0) is 13.6. The number of aryl methyl sites for hydroxylation is 2. The molecule has 1 aromatic carbocycles. The van der Waals surface area contributed by atoms with Crippen molar-refractivity contribution in [3.63, 3.8) is 0 Å². The van der Waals surface area contributed by atoms with Gasteiger partial charge in [0.15, 0.2) is 5.78 Å². The molecule has 3 rings (SSSR count). The highest BCUT2D eigenvalue weighted by atomic mass is 16.1. The second kappa shape index (κ2) is 4.49. The monoisotopic (exact) mass is 256 g/mol. The molecule has 0 unspecified atom stereocenters. The molecule has 100 valence electrons. The number of benzene rings is 1. The molecule has 0 amide bonds. The van der Waals surface area contributed by atoms with E-state index in [4.69, 9.17) is 0 Å². The van der Waals surface area contributed by atoms with Gasteiger partial charge in [0.05, 0.1) is 6.54 Å². The van der Waals surface area contributed by atoms with Gasteiger partial charge in [-0.15, -0.1) is 0 Å². The molecule has 0 bridgehead atoms. The van der Waals surface area contributed by atoms with Crippen LogP contribution in [-0.4, -0.2) is 22.9 Å². The second-order valence-electron chi connectivity index (χ2n) is 5.62. The van der Waals surface area contributed by atoms with E-state index in [1.165, 1.54) is 18.4 Å². The number of fused-ring (bicyclic) bond motifs is 1. The number of nitrogens with one attached hydrogen (secondary N) is 1. The van der Waals surface area contributed by atoms with Crippen LogP contribution in [-0.2, 0) is 7.05 Å². The number of Topliss-reactive ketones (excluding diaryl/α,β-unsaturated/α-hetero) is 1. The molecule has 1 aliphatic carbocycles. The van der Waals surface area contributed by atoms with Crippen LogP contribution >= 0.6 is 0 Å². The van der Waals surface area contributed by atoms with Crippen LogP contribution in [0.15, 0.2) is 18.2 Å². The summed E-state index contributed by atoms with van der Waals surface area (Å²) in [7, 11) is 2.03. The molecule has 1 aromatic heterocycles. The van der Waals surface area contributed by atoms with Crippen LogP contribution in [0.5, 0.6) is 0 Å².